The van der Waals surface area contributed by atoms with Crippen molar-refractivity contribution < 1.29 is 58.3 Å². The van der Waals surface area contributed by atoms with Crippen molar-refractivity contribution in [2.75, 3.05) is 0 Å². The molecule has 12 nitrogen and oxygen atoms in total. The Balaban J connectivity index is 4.43. The first-order valence-electron chi connectivity index (χ1n) is 36.1. The molecule has 0 aromatic heterocycles. The standard InChI is InChI=1S/C72H132O12/c1-7-13-19-25-31-37-43-49-55-61(73)70(82-64(76)58-52-46-40-34-28-22-16-10-4)68(80)67(79)69(81)71(62(74)56-50-44-38-32-26-20-14-8-2,83-65(77)59-53-47-41-35-29-23-17-11-5)72(70,63(75)57-51-45-39-33-27-21-15-9-3)84-66(78)60-54-48-42-36-30-24-18-12-6/h67-69,79-81H,7-60H2,1-6H3/t67?,68-,69+,70+,71-,72?. The second-order valence-electron chi connectivity index (χ2n) is 25.6. The highest BCUT2D eigenvalue weighted by Gasteiger charge is 2.87. The summed E-state index contributed by atoms with van der Waals surface area (Å²) in [5.41, 5.74) is -10.0. The Morgan fingerprint density at radius 3 is 0.655 bits per heavy atom. The van der Waals surface area contributed by atoms with Crippen LogP contribution in [-0.4, -0.2) is 85.7 Å². The van der Waals surface area contributed by atoms with Gasteiger partial charge in [0, 0.05) is 38.5 Å². The lowest BCUT2D eigenvalue weighted by atomic mass is 9.53. The van der Waals surface area contributed by atoms with Gasteiger partial charge >= 0.3 is 17.9 Å². The van der Waals surface area contributed by atoms with E-state index in [1.54, 1.807) is 0 Å². The van der Waals surface area contributed by atoms with Crippen molar-refractivity contribution in [1.29, 1.82) is 0 Å². The second-order valence-corrected chi connectivity index (χ2v) is 25.6. The number of ketones is 3. The van der Waals surface area contributed by atoms with E-state index in [0.717, 1.165) is 231 Å². The van der Waals surface area contributed by atoms with E-state index in [1.165, 1.54) is 0 Å². The van der Waals surface area contributed by atoms with Crippen LogP contribution in [0.2, 0.25) is 0 Å². The van der Waals surface area contributed by atoms with E-state index in [1.807, 2.05) is 0 Å². The molecule has 84 heavy (non-hydrogen) atoms. The molecule has 0 aromatic rings. The number of ether oxygens (including phenoxy) is 3. The zero-order valence-electron chi connectivity index (χ0n) is 55.4. The quantitative estimate of drug-likeness (QED) is 0.0297. The van der Waals surface area contributed by atoms with Crippen LogP contribution in [0.25, 0.3) is 0 Å². The van der Waals surface area contributed by atoms with Crippen LogP contribution in [0.1, 0.15) is 388 Å². The van der Waals surface area contributed by atoms with Gasteiger partial charge in [0.2, 0.25) is 11.2 Å². The number of rotatable bonds is 60. The lowest BCUT2D eigenvalue weighted by Gasteiger charge is -2.61. The Kier molecular flexibility index (Phi) is 48.4. The minimum absolute atomic E-state index is 0.196. The highest BCUT2D eigenvalue weighted by molar-refractivity contribution is 6.10. The Hall–Kier alpha value is -2.70. The Labute approximate surface area is 514 Å². The minimum Gasteiger partial charge on any atom is -0.443 e. The first kappa shape index (κ1) is 79.3. The number of carbonyl (C=O) groups is 6. The summed E-state index contributed by atoms with van der Waals surface area (Å²) in [6, 6.07) is 0. The number of hydrogen-bond donors (Lipinski definition) is 3. The van der Waals surface area contributed by atoms with Crippen molar-refractivity contribution in [2.24, 2.45) is 0 Å². The van der Waals surface area contributed by atoms with Crippen molar-refractivity contribution in [3.8, 4) is 0 Å². The Morgan fingerprint density at radius 1 is 0.250 bits per heavy atom. The summed E-state index contributed by atoms with van der Waals surface area (Å²) < 4.78 is 19.8. The van der Waals surface area contributed by atoms with Crippen molar-refractivity contribution in [3.63, 3.8) is 0 Å². The highest BCUT2D eigenvalue weighted by atomic mass is 16.7. The number of Topliss-reactive ketones (excluding diaryl/α,β-unsaturated/α-hetero) is 3. The van der Waals surface area contributed by atoms with Gasteiger partial charge in [-0.05, 0) is 38.5 Å². The van der Waals surface area contributed by atoms with Crippen LogP contribution >= 0.6 is 0 Å². The average molecular weight is 1190 g/mol. The molecule has 0 amide bonds. The summed E-state index contributed by atoms with van der Waals surface area (Å²) in [5.74, 6) is -6.12. The maximum Gasteiger partial charge on any atom is 0.307 e. The zero-order valence-corrected chi connectivity index (χ0v) is 55.4. The number of hydrogen-bond acceptors (Lipinski definition) is 12. The number of carbonyl (C=O) groups excluding carboxylic acids is 6. The van der Waals surface area contributed by atoms with E-state index >= 15 is 19.2 Å². The molecule has 3 N–H and O–H groups in total. The van der Waals surface area contributed by atoms with Crippen LogP contribution in [0, 0.1) is 0 Å². The first-order valence-corrected chi connectivity index (χ1v) is 36.1. The predicted molar refractivity (Wildman–Crippen MR) is 343 cm³/mol. The van der Waals surface area contributed by atoms with E-state index in [4.69, 9.17) is 14.2 Å². The fourth-order valence-electron chi connectivity index (χ4n) is 12.8. The van der Waals surface area contributed by atoms with Gasteiger partial charge < -0.3 is 29.5 Å². The molecule has 0 spiro atoms. The van der Waals surface area contributed by atoms with Crippen molar-refractivity contribution in [1.82, 2.24) is 0 Å². The highest BCUT2D eigenvalue weighted by Crippen LogP contribution is 2.55. The lowest BCUT2D eigenvalue weighted by Crippen LogP contribution is -2.91. The normalized spacial score (nSPS) is 20.5. The van der Waals surface area contributed by atoms with Crippen LogP contribution in [0.15, 0.2) is 0 Å². The molecule has 1 aliphatic rings. The monoisotopic (exact) mass is 1190 g/mol. The van der Waals surface area contributed by atoms with Gasteiger partial charge in [-0.2, -0.15) is 0 Å². The van der Waals surface area contributed by atoms with Crippen molar-refractivity contribution >= 4 is 35.3 Å². The molecular formula is C72H132O12. The third-order valence-electron chi connectivity index (χ3n) is 18.0. The molecule has 1 fully saturated rings. The van der Waals surface area contributed by atoms with Crippen molar-refractivity contribution in [2.45, 2.75) is 423 Å². The number of aliphatic hydroxyl groups excluding tert-OH is 3. The molecule has 1 saturated carbocycles. The van der Waals surface area contributed by atoms with Crippen LogP contribution in [0.5, 0.6) is 0 Å². The SMILES string of the molecule is CCCCCCCCCCC(=O)OC1(C(=O)CCCCCCCCCC)[C@@](OC(=O)CCCCCCCCCC)(C(=O)CCCCCCCCCC)[C@@H](O)C(O)[C@@H](O)[C@@]1(OC(=O)CCCCCCCCCC)C(=O)CCCCCCCCCC. The summed E-state index contributed by atoms with van der Waals surface area (Å²) in [6.45, 7) is 13.0. The second kappa shape index (κ2) is 51.2. The van der Waals surface area contributed by atoms with Gasteiger partial charge in [0.15, 0.2) is 17.3 Å². The molecule has 6 atom stereocenters. The number of aliphatic hydroxyl groups is 3. The van der Waals surface area contributed by atoms with E-state index < -0.39 is 89.6 Å². The molecular weight excluding hydrogens is 1060 g/mol. The van der Waals surface area contributed by atoms with Crippen LogP contribution in [0.4, 0.5) is 0 Å². The summed E-state index contributed by atoms with van der Waals surface area (Å²) in [4.78, 5) is 93.7. The van der Waals surface area contributed by atoms with E-state index in [9.17, 15) is 24.9 Å². The molecule has 0 heterocycles. The van der Waals surface area contributed by atoms with Crippen LogP contribution in [-0.2, 0) is 43.0 Å². The van der Waals surface area contributed by atoms with Gasteiger partial charge in [-0.1, -0.05) is 311 Å². The summed E-state index contributed by atoms with van der Waals surface area (Å²) in [6.07, 6.45) is 32.3. The summed E-state index contributed by atoms with van der Waals surface area (Å²) >= 11 is 0. The maximum absolute atomic E-state index is 16.5. The van der Waals surface area contributed by atoms with E-state index in [-0.39, 0.29) is 38.5 Å². The van der Waals surface area contributed by atoms with E-state index in [2.05, 4.69) is 41.5 Å². The third-order valence-corrected chi connectivity index (χ3v) is 18.0. The molecule has 12 heteroatoms. The predicted octanol–water partition coefficient (Wildman–Crippen LogP) is 18.8. The fourth-order valence-corrected chi connectivity index (χ4v) is 12.8. The maximum atomic E-state index is 16.5. The first-order chi connectivity index (χ1) is 40.8. The molecule has 0 radical (unpaired) electrons. The largest absolute Gasteiger partial charge is 0.443 e. The van der Waals surface area contributed by atoms with Crippen LogP contribution in [0.3, 0.4) is 0 Å². The summed E-state index contributed by atoms with van der Waals surface area (Å²) in [7, 11) is 0. The summed E-state index contributed by atoms with van der Waals surface area (Å²) in [5, 5.41) is 38.6. The number of esters is 3. The fraction of sp³-hybridized carbons (Fsp3) is 0.917. The Morgan fingerprint density at radius 2 is 0.429 bits per heavy atom. The van der Waals surface area contributed by atoms with Gasteiger partial charge in [-0.15, -0.1) is 0 Å². The van der Waals surface area contributed by atoms with Crippen LogP contribution < -0.4 is 0 Å². The average Bonchev–Trinajstić information content (AvgIpc) is 0.784. The Bertz CT molecular complexity index is 1600. The smallest absolute Gasteiger partial charge is 0.307 e. The molecule has 0 bridgehead atoms. The molecule has 0 aliphatic heterocycles. The van der Waals surface area contributed by atoms with Gasteiger partial charge in [0.25, 0.3) is 5.60 Å². The van der Waals surface area contributed by atoms with Gasteiger partial charge in [0.1, 0.15) is 18.3 Å². The molecule has 2 unspecified atom stereocenters. The molecule has 0 aromatic carbocycles. The topological polar surface area (TPSA) is 191 Å². The molecule has 492 valence electrons. The number of unbranched alkanes of at least 4 members (excludes halogenated alkanes) is 42. The molecule has 1 rings (SSSR count). The lowest BCUT2D eigenvalue weighted by molar-refractivity contribution is -0.324. The van der Waals surface area contributed by atoms with E-state index in [0.29, 0.717) is 57.8 Å². The van der Waals surface area contributed by atoms with Gasteiger partial charge in [0.05, 0.1) is 0 Å². The third kappa shape index (κ3) is 29.5. The zero-order chi connectivity index (χ0) is 62.0. The van der Waals surface area contributed by atoms with Gasteiger partial charge in [-0.25, -0.2) is 0 Å². The van der Waals surface area contributed by atoms with Gasteiger partial charge in [-0.3, -0.25) is 28.8 Å². The molecule has 0 saturated heterocycles. The molecule has 1 aliphatic carbocycles. The van der Waals surface area contributed by atoms with Crippen molar-refractivity contribution in [3.05, 3.63) is 0 Å². The minimum atomic E-state index is -3.42.